The zero-order valence-electron chi connectivity index (χ0n) is 11.0. The van der Waals surface area contributed by atoms with Crippen LogP contribution >= 0.6 is 0 Å². The third-order valence-electron chi connectivity index (χ3n) is 3.51. The zero-order valence-corrected chi connectivity index (χ0v) is 11.0. The molecule has 7 atom stereocenters. The highest BCUT2D eigenvalue weighted by molar-refractivity contribution is 5.92. The predicted octanol–water partition coefficient (Wildman–Crippen LogP) is -5.53. The third-order valence-corrected chi connectivity index (χ3v) is 3.51. The standard InChI is InChI=1S/C11H20O10/c12-1-4(15)9(19)11(20,3-14)10-8(18)7(17)6(16)5(2-13)21-10/h4-8,10,12-18,20H,1-3H2/t4-,5+,6+,7-,8+,10-,11+/m0/s1. The van der Waals surface area contributed by atoms with E-state index in [4.69, 9.17) is 14.9 Å². The molecule has 0 radical (unpaired) electrons. The van der Waals surface area contributed by atoms with Crippen molar-refractivity contribution in [3.63, 3.8) is 0 Å². The Hall–Kier alpha value is -0.690. The Bertz CT molecular complexity index is 361. The van der Waals surface area contributed by atoms with E-state index in [0.717, 1.165) is 0 Å². The molecule has 1 heterocycles. The summed E-state index contributed by atoms with van der Waals surface area (Å²) in [5, 5.41) is 75.4. The lowest BCUT2D eigenvalue weighted by Crippen LogP contribution is -2.69. The van der Waals surface area contributed by atoms with Gasteiger partial charge in [0.2, 0.25) is 0 Å². The maximum atomic E-state index is 11.8. The monoisotopic (exact) mass is 312 g/mol. The first kappa shape index (κ1) is 18.4. The lowest BCUT2D eigenvalue weighted by atomic mass is 9.81. The molecule has 1 aliphatic rings. The van der Waals surface area contributed by atoms with Crippen molar-refractivity contribution < 1.29 is 50.4 Å². The first-order valence-corrected chi connectivity index (χ1v) is 6.21. The van der Waals surface area contributed by atoms with Crippen LogP contribution in [0.2, 0.25) is 0 Å². The lowest BCUT2D eigenvalue weighted by molar-refractivity contribution is -0.271. The van der Waals surface area contributed by atoms with Crippen molar-refractivity contribution >= 4 is 5.78 Å². The van der Waals surface area contributed by atoms with Crippen molar-refractivity contribution in [1.29, 1.82) is 0 Å². The van der Waals surface area contributed by atoms with Crippen LogP contribution in [0.25, 0.3) is 0 Å². The molecule has 1 aliphatic heterocycles. The van der Waals surface area contributed by atoms with Gasteiger partial charge in [0.05, 0.1) is 19.8 Å². The Morgan fingerprint density at radius 3 is 2.10 bits per heavy atom. The number of hydrogen-bond donors (Lipinski definition) is 8. The normalized spacial score (nSPS) is 37.8. The number of rotatable bonds is 6. The average molecular weight is 312 g/mol. The van der Waals surface area contributed by atoms with Crippen LogP contribution in [0.4, 0.5) is 0 Å². The average Bonchev–Trinajstić information content (AvgIpc) is 2.50. The van der Waals surface area contributed by atoms with Crippen LogP contribution in [-0.2, 0) is 9.53 Å². The molecule has 21 heavy (non-hydrogen) atoms. The number of hydrogen-bond acceptors (Lipinski definition) is 10. The van der Waals surface area contributed by atoms with E-state index in [9.17, 15) is 35.4 Å². The van der Waals surface area contributed by atoms with Gasteiger partial charge in [0, 0.05) is 0 Å². The number of aliphatic hydroxyl groups excluding tert-OH is 7. The van der Waals surface area contributed by atoms with Crippen molar-refractivity contribution in [3.05, 3.63) is 0 Å². The summed E-state index contributed by atoms with van der Waals surface area (Å²) >= 11 is 0. The number of ketones is 1. The molecule has 1 saturated heterocycles. The minimum absolute atomic E-state index is 0.792. The SMILES string of the molecule is O=C([C@@H](O)CO)[C@](O)(CO)[C@H]1O[C@H](CO)[C@@H](O)[C@H](O)[C@H]1O. The quantitative estimate of drug-likeness (QED) is 0.235. The summed E-state index contributed by atoms with van der Waals surface area (Å²) in [5.41, 5.74) is -2.84. The van der Waals surface area contributed by atoms with Crippen LogP contribution in [0.3, 0.4) is 0 Å². The van der Waals surface area contributed by atoms with Crippen molar-refractivity contribution in [3.8, 4) is 0 Å². The second-order valence-corrected chi connectivity index (χ2v) is 4.89. The second kappa shape index (κ2) is 7.05. The van der Waals surface area contributed by atoms with Crippen molar-refractivity contribution in [2.45, 2.75) is 42.2 Å². The Balaban J connectivity index is 3.10. The van der Waals surface area contributed by atoms with Gasteiger partial charge in [-0.05, 0) is 0 Å². The predicted molar refractivity (Wildman–Crippen MR) is 63.9 cm³/mol. The molecular formula is C11H20O10. The van der Waals surface area contributed by atoms with Crippen molar-refractivity contribution in [1.82, 2.24) is 0 Å². The number of ether oxygens (including phenoxy) is 1. The Kier molecular flexibility index (Phi) is 6.16. The summed E-state index contributed by atoms with van der Waals surface area (Å²) in [4.78, 5) is 11.8. The lowest BCUT2D eigenvalue weighted by Gasteiger charge is -2.45. The van der Waals surface area contributed by atoms with E-state index in [1.165, 1.54) is 0 Å². The molecule has 10 heteroatoms. The summed E-state index contributed by atoms with van der Waals surface area (Å²) in [7, 11) is 0. The maximum absolute atomic E-state index is 11.8. The van der Waals surface area contributed by atoms with E-state index in [1.807, 2.05) is 0 Å². The highest BCUT2D eigenvalue weighted by Gasteiger charge is 2.56. The van der Waals surface area contributed by atoms with Gasteiger partial charge in [0.15, 0.2) is 11.4 Å². The Morgan fingerprint density at radius 2 is 1.67 bits per heavy atom. The smallest absolute Gasteiger partial charge is 0.200 e. The summed E-state index contributed by atoms with van der Waals surface area (Å²) in [5.74, 6) is -1.43. The Morgan fingerprint density at radius 1 is 1.10 bits per heavy atom. The minimum Gasteiger partial charge on any atom is -0.394 e. The molecule has 0 aliphatic carbocycles. The van der Waals surface area contributed by atoms with Crippen molar-refractivity contribution in [2.24, 2.45) is 0 Å². The summed E-state index contributed by atoms with van der Waals surface area (Å²) in [6, 6.07) is 0. The molecule has 0 aromatic heterocycles. The van der Waals surface area contributed by atoms with Crippen molar-refractivity contribution in [2.75, 3.05) is 19.8 Å². The van der Waals surface area contributed by atoms with E-state index < -0.39 is 67.8 Å². The molecule has 0 spiro atoms. The number of Topliss-reactive ketones (excluding diaryl/α,β-unsaturated/α-hetero) is 1. The Labute approximate surface area is 119 Å². The fourth-order valence-corrected chi connectivity index (χ4v) is 2.18. The van der Waals surface area contributed by atoms with Gasteiger partial charge in [-0.1, -0.05) is 0 Å². The maximum Gasteiger partial charge on any atom is 0.200 e. The minimum atomic E-state index is -2.84. The van der Waals surface area contributed by atoms with E-state index in [2.05, 4.69) is 0 Å². The van der Waals surface area contributed by atoms with Crippen LogP contribution in [0.15, 0.2) is 0 Å². The van der Waals surface area contributed by atoms with Crippen LogP contribution in [0.5, 0.6) is 0 Å². The van der Waals surface area contributed by atoms with Crippen LogP contribution < -0.4 is 0 Å². The van der Waals surface area contributed by atoms with E-state index >= 15 is 0 Å². The first-order valence-electron chi connectivity index (χ1n) is 6.21. The largest absolute Gasteiger partial charge is 0.394 e. The summed E-state index contributed by atoms with van der Waals surface area (Å²) < 4.78 is 4.97. The fraction of sp³-hybridized carbons (Fsp3) is 0.909. The second-order valence-electron chi connectivity index (χ2n) is 4.89. The number of aliphatic hydroxyl groups is 8. The van der Waals surface area contributed by atoms with E-state index in [1.54, 1.807) is 0 Å². The van der Waals surface area contributed by atoms with E-state index in [-0.39, 0.29) is 0 Å². The number of carbonyl (C=O) groups is 1. The number of carbonyl (C=O) groups excluding carboxylic acids is 1. The van der Waals surface area contributed by atoms with Gasteiger partial charge in [0.1, 0.15) is 36.6 Å². The molecule has 0 bridgehead atoms. The topological polar surface area (TPSA) is 188 Å². The van der Waals surface area contributed by atoms with Gasteiger partial charge in [0.25, 0.3) is 0 Å². The molecule has 1 rings (SSSR count). The highest BCUT2D eigenvalue weighted by Crippen LogP contribution is 2.29. The summed E-state index contributed by atoms with van der Waals surface area (Å²) in [6.45, 7) is -3.12. The molecule has 0 aromatic carbocycles. The molecule has 0 saturated carbocycles. The molecule has 124 valence electrons. The molecular weight excluding hydrogens is 292 g/mol. The van der Waals surface area contributed by atoms with Gasteiger partial charge >= 0.3 is 0 Å². The van der Waals surface area contributed by atoms with Gasteiger partial charge in [-0.15, -0.1) is 0 Å². The molecule has 10 nitrogen and oxygen atoms in total. The van der Waals surface area contributed by atoms with Crippen LogP contribution in [0.1, 0.15) is 0 Å². The van der Waals surface area contributed by atoms with Crippen LogP contribution in [-0.4, -0.2) is 109 Å². The van der Waals surface area contributed by atoms with Gasteiger partial charge in [-0.2, -0.15) is 0 Å². The fourth-order valence-electron chi connectivity index (χ4n) is 2.18. The van der Waals surface area contributed by atoms with Gasteiger partial charge in [-0.25, -0.2) is 0 Å². The first-order chi connectivity index (χ1) is 9.74. The highest BCUT2D eigenvalue weighted by atomic mass is 16.6. The summed E-state index contributed by atoms with van der Waals surface area (Å²) in [6.07, 6.45) is -10.9. The third kappa shape index (κ3) is 3.23. The van der Waals surface area contributed by atoms with Gasteiger partial charge < -0.3 is 45.6 Å². The zero-order chi connectivity index (χ0) is 16.4. The molecule has 8 N–H and O–H groups in total. The molecule has 0 aromatic rings. The molecule has 0 unspecified atom stereocenters. The van der Waals surface area contributed by atoms with Crippen LogP contribution in [0, 0.1) is 0 Å². The van der Waals surface area contributed by atoms with E-state index in [0.29, 0.717) is 0 Å². The molecule has 1 fully saturated rings. The van der Waals surface area contributed by atoms with Gasteiger partial charge in [-0.3, -0.25) is 4.79 Å². The molecule has 0 amide bonds.